The Labute approximate surface area is 116 Å². The molecule has 0 bridgehead atoms. The molecule has 0 atom stereocenters. The van der Waals surface area contributed by atoms with Crippen molar-refractivity contribution in [1.82, 2.24) is 0 Å². The van der Waals surface area contributed by atoms with Crippen molar-refractivity contribution in [3.05, 3.63) is 29.8 Å². The molecule has 0 aliphatic heterocycles. The van der Waals surface area contributed by atoms with Gasteiger partial charge >= 0.3 is 0 Å². The molecule has 1 fully saturated rings. The van der Waals surface area contributed by atoms with Gasteiger partial charge < -0.3 is 4.74 Å². The zero-order valence-corrected chi connectivity index (χ0v) is 12.2. The van der Waals surface area contributed by atoms with Crippen LogP contribution in [-0.4, -0.2) is 7.11 Å². The van der Waals surface area contributed by atoms with E-state index in [1.165, 1.54) is 0 Å². The van der Waals surface area contributed by atoms with Crippen LogP contribution in [0.4, 0.5) is 0 Å². The van der Waals surface area contributed by atoms with Crippen molar-refractivity contribution >= 4 is 0 Å². The molecule has 1 aliphatic rings. The van der Waals surface area contributed by atoms with Crippen molar-refractivity contribution in [2.75, 3.05) is 7.11 Å². The number of benzene rings is 1. The highest BCUT2D eigenvalue weighted by Crippen LogP contribution is 2.47. The fourth-order valence-electron chi connectivity index (χ4n) is 2.95. The van der Waals surface area contributed by atoms with E-state index in [0.29, 0.717) is 5.41 Å². The third kappa shape index (κ3) is 3.10. The Morgan fingerprint density at radius 3 is 2.37 bits per heavy atom. The summed E-state index contributed by atoms with van der Waals surface area (Å²) in [6.45, 7) is 4.61. The topological polar surface area (TPSA) is 33.0 Å². The van der Waals surface area contributed by atoms with E-state index in [0.717, 1.165) is 43.4 Å². The fourth-order valence-corrected chi connectivity index (χ4v) is 2.95. The lowest BCUT2D eigenvalue weighted by molar-refractivity contribution is 0.145. The van der Waals surface area contributed by atoms with Crippen LogP contribution < -0.4 is 4.74 Å². The van der Waals surface area contributed by atoms with E-state index in [1.54, 1.807) is 7.11 Å². The van der Waals surface area contributed by atoms with Gasteiger partial charge in [0.15, 0.2) is 0 Å². The van der Waals surface area contributed by atoms with E-state index >= 15 is 0 Å². The summed E-state index contributed by atoms with van der Waals surface area (Å²) >= 11 is 0. The first-order chi connectivity index (χ1) is 9.00. The Morgan fingerprint density at radius 2 is 1.79 bits per heavy atom. The molecule has 1 aromatic carbocycles. The summed E-state index contributed by atoms with van der Waals surface area (Å²) in [5, 5.41) is 9.65. The molecule has 1 aliphatic carbocycles. The zero-order chi connectivity index (χ0) is 13.9. The van der Waals surface area contributed by atoms with E-state index in [2.05, 4.69) is 26.0 Å². The van der Waals surface area contributed by atoms with Crippen LogP contribution in [0.2, 0.25) is 0 Å². The lowest BCUT2D eigenvalue weighted by Gasteiger charge is -2.39. The Hall–Kier alpha value is -1.49. The summed E-state index contributed by atoms with van der Waals surface area (Å²) in [6, 6.07) is 10.7. The number of nitrogens with zero attached hydrogens (tertiary/aromatic N) is 1. The number of hydrogen-bond donors (Lipinski definition) is 0. The summed E-state index contributed by atoms with van der Waals surface area (Å²) in [4.78, 5) is 0. The van der Waals surface area contributed by atoms with Crippen LogP contribution in [0.1, 0.15) is 45.1 Å². The minimum atomic E-state index is -0.204. The molecule has 1 saturated carbocycles. The van der Waals surface area contributed by atoms with Crippen molar-refractivity contribution in [2.45, 2.75) is 46.0 Å². The normalized spacial score (nSPS) is 20.5. The zero-order valence-electron chi connectivity index (χ0n) is 12.2. The minimum Gasteiger partial charge on any atom is -0.496 e. The lowest BCUT2D eigenvalue weighted by Crippen LogP contribution is -2.32. The number of methoxy groups -OCH3 is 1. The number of nitriles is 1. The van der Waals surface area contributed by atoms with E-state index < -0.39 is 0 Å². The van der Waals surface area contributed by atoms with E-state index in [-0.39, 0.29) is 5.41 Å². The molecule has 0 aromatic heterocycles. The van der Waals surface area contributed by atoms with E-state index in [1.807, 2.05) is 18.2 Å². The molecular weight excluding hydrogens is 234 g/mol. The second-order valence-corrected chi connectivity index (χ2v) is 6.54. The number of hydrogen-bond acceptors (Lipinski definition) is 2. The van der Waals surface area contributed by atoms with Gasteiger partial charge in [0.25, 0.3) is 0 Å². The van der Waals surface area contributed by atoms with Gasteiger partial charge in [0.1, 0.15) is 5.75 Å². The highest BCUT2D eigenvalue weighted by atomic mass is 16.5. The predicted octanol–water partition coefficient (Wildman–Crippen LogP) is 4.35. The molecule has 0 radical (unpaired) electrons. The maximum Gasteiger partial charge on any atom is 0.122 e. The molecule has 2 rings (SSSR count). The SMILES string of the molecule is COc1ccccc1CC1(C#N)CCC(C)(C)CC1. The van der Waals surface area contributed by atoms with Gasteiger partial charge in [-0.1, -0.05) is 32.0 Å². The van der Waals surface area contributed by atoms with Crippen molar-refractivity contribution < 1.29 is 4.74 Å². The molecular formula is C17H23NO. The highest BCUT2D eigenvalue weighted by molar-refractivity contribution is 5.35. The minimum absolute atomic E-state index is 0.204. The maximum absolute atomic E-state index is 9.65. The van der Waals surface area contributed by atoms with Gasteiger partial charge in [-0.05, 0) is 49.1 Å². The van der Waals surface area contributed by atoms with E-state index in [4.69, 9.17) is 4.74 Å². The number of para-hydroxylation sites is 1. The van der Waals surface area contributed by atoms with Crippen LogP contribution in [0.3, 0.4) is 0 Å². The molecule has 0 saturated heterocycles. The van der Waals surface area contributed by atoms with Crippen molar-refractivity contribution in [2.24, 2.45) is 10.8 Å². The van der Waals surface area contributed by atoms with Gasteiger partial charge in [0, 0.05) is 0 Å². The Balaban J connectivity index is 2.18. The monoisotopic (exact) mass is 257 g/mol. The smallest absolute Gasteiger partial charge is 0.122 e. The van der Waals surface area contributed by atoms with Gasteiger partial charge in [0.2, 0.25) is 0 Å². The summed E-state index contributed by atoms with van der Waals surface area (Å²) in [5.74, 6) is 0.905. The standard InChI is InChI=1S/C17H23NO/c1-16(2)8-10-17(13-18,11-9-16)12-14-6-4-5-7-15(14)19-3/h4-7H,8-12H2,1-3H3. The molecule has 102 valence electrons. The first-order valence-corrected chi connectivity index (χ1v) is 7.03. The van der Waals surface area contributed by atoms with Gasteiger partial charge in [-0.3, -0.25) is 0 Å². The van der Waals surface area contributed by atoms with Gasteiger partial charge in [-0.2, -0.15) is 5.26 Å². The average Bonchev–Trinajstić information content (AvgIpc) is 2.42. The van der Waals surface area contributed by atoms with Crippen LogP contribution in [0, 0.1) is 22.2 Å². The molecule has 2 heteroatoms. The predicted molar refractivity (Wildman–Crippen MR) is 77.0 cm³/mol. The van der Waals surface area contributed by atoms with Crippen LogP contribution in [0.25, 0.3) is 0 Å². The number of rotatable bonds is 3. The maximum atomic E-state index is 9.65. The Kier molecular flexibility index (Phi) is 3.85. The van der Waals surface area contributed by atoms with Crippen molar-refractivity contribution in [3.8, 4) is 11.8 Å². The molecule has 0 N–H and O–H groups in total. The summed E-state index contributed by atoms with van der Waals surface area (Å²) in [7, 11) is 1.70. The van der Waals surface area contributed by atoms with E-state index in [9.17, 15) is 5.26 Å². The Bertz CT molecular complexity index is 474. The van der Waals surface area contributed by atoms with Crippen molar-refractivity contribution in [3.63, 3.8) is 0 Å². The van der Waals surface area contributed by atoms with Crippen LogP contribution in [0.15, 0.2) is 24.3 Å². The summed E-state index contributed by atoms with van der Waals surface area (Å²) in [5.41, 5.74) is 1.34. The molecule has 1 aromatic rings. The van der Waals surface area contributed by atoms with Gasteiger partial charge in [-0.25, -0.2) is 0 Å². The molecule has 0 amide bonds. The fraction of sp³-hybridized carbons (Fsp3) is 0.588. The quantitative estimate of drug-likeness (QED) is 0.806. The third-order valence-electron chi connectivity index (χ3n) is 4.52. The molecule has 0 unspecified atom stereocenters. The summed E-state index contributed by atoms with van der Waals surface area (Å²) in [6.07, 6.45) is 5.07. The van der Waals surface area contributed by atoms with Crippen molar-refractivity contribution in [1.29, 1.82) is 5.26 Å². The van der Waals surface area contributed by atoms with Gasteiger partial charge in [0.05, 0.1) is 18.6 Å². The molecule has 0 spiro atoms. The third-order valence-corrected chi connectivity index (χ3v) is 4.52. The lowest BCUT2D eigenvalue weighted by atomic mass is 9.64. The first-order valence-electron chi connectivity index (χ1n) is 7.03. The highest BCUT2D eigenvalue weighted by Gasteiger charge is 2.39. The Morgan fingerprint density at radius 1 is 1.16 bits per heavy atom. The average molecular weight is 257 g/mol. The second kappa shape index (κ2) is 5.25. The first kappa shape index (κ1) is 13.9. The number of ether oxygens (including phenoxy) is 1. The largest absolute Gasteiger partial charge is 0.496 e. The van der Waals surface area contributed by atoms with Crippen LogP contribution in [-0.2, 0) is 6.42 Å². The molecule has 2 nitrogen and oxygen atoms in total. The second-order valence-electron chi connectivity index (χ2n) is 6.54. The van der Waals surface area contributed by atoms with Crippen LogP contribution >= 0.6 is 0 Å². The van der Waals surface area contributed by atoms with Gasteiger partial charge in [-0.15, -0.1) is 0 Å². The molecule has 0 heterocycles. The summed E-state index contributed by atoms with van der Waals surface area (Å²) < 4.78 is 5.41. The molecule has 19 heavy (non-hydrogen) atoms. The van der Waals surface area contributed by atoms with Crippen LogP contribution in [0.5, 0.6) is 5.75 Å².